The van der Waals surface area contributed by atoms with Crippen molar-refractivity contribution in [2.24, 2.45) is 0 Å². The van der Waals surface area contributed by atoms with Crippen LogP contribution in [0.1, 0.15) is 5.56 Å². The maximum atomic E-state index is 11.4. The number of amides is 1. The second kappa shape index (κ2) is 3.07. The monoisotopic (exact) mass is 367 g/mol. The Morgan fingerprint density at radius 3 is 2.69 bits per heavy atom. The lowest BCUT2D eigenvalue weighted by Gasteiger charge is -2.10. The lowest BCUT2D eigenvalue weighted by Crippen LogP contribution is -2.20. The van der Waals surface area contributed by atoms with Gasteiger partial charge in [-0.2, -0.15) is 0 Å². The van der Waals surface area contributed by atoms with E-state index in [1.165, 1.54) is 0 Å². The van der Waals surface area contributed by atoms with Gasteiger partial charge in [0.2, 0.25) is 0 Å². The Kier molecular flexibility index (Phi) is 2.28. The molecule has 0 saturated carbocycles. The maximum absolute atomic E-state index is 11.4. The van der Waals surface area contributed by atoms with Crippen molar-refractivity contribution in [1.82, 2.24) is 0 Å². The van der Waals surface area contributed by atoms with Gasteiger partial charge in [-0.05, 0) is 18.2 Å². The SMILES string of the molecule is O=C1Nc2ccc(Br)cc2C1(Br)Br. The second-order valence-electron chi connectivity index (χ2n) is 2.72. The van der Waals surface area contributed by atoms with E-state index in [4.69, 9.17) is 0 Å². The molecule has 0 aromatic heterocycles. The van der Waals surface area contributed by atoms with Crippen LogP contribution in [-0.2, 0) is 8.03 Å². The highest BCUT2D eigenvalue weighted by Gasteiger charge is 2.42. The molecule has 5 heteroatoms. The molecule has 13 heavy (non-hydrogen) atoms. The molecule has 0 fully saturated rings. The van der Waals surface area contributed by atoms with Crippen LogP contribution >= 0.6 is 47.8 Å². The van der Waals surface area contributed by atoms with Crippen molar-refractivity contribution in [1.29, 1.82) is 0 Å². The second-order valence-corrected chi connectivity index (χ2v) is 7.08. The van der Waals surface area contributed by atoms with E-state index in [1.54, 1.807) is 0 Å². The van der Waals surface area contributed by atoms with Gasteiger partial charge < -0.3 is 5.32 Å². The molecule has 2 nitrogen and oxygen atoms in total. The van der Waals surface area contributed by atoms with Crippen molar-refractivity contribution in [2.75, 3.05) is 5.32 Å². The molecule has 1 aliphatic heterocycles. The fraction of sp³-hybridized carbons (Fsp3) is 0.125. The Hall–Kier alpha value is 0.130. The van der Waals surface area contributed by atoms with E-state index >= 15 is 0 Å². The molecule has 1 aromatic rings. The van der Waals surface area contributed by atoms with Gasteiger partial charge in [0.15, 0.2) is 3.23 Å². The van der Waals surface area contributed by atoms with Crippen LogP contribution in [0.2, 0.25) is 0 Å². The van der Waals surface area contributed by atoms with Crippen LogP contribution in [0.3, 0.4) is 0 Å². The molecule has 0 saturated heterocycles. The van der Waals surface area contributed by atoms with Crippen LogP contribution in [0.15, 0.2) is 22.7 Å². The number of carbonyl (C=O) groups is 1. The first-order chi connectivity index (χ1) is 6.01. The van der Waals surface area contributed by atoms with Crippen molar-refractivity contribution >= 4 is 59.4 Å². The summed E-state index contributed by atoms with van der Waals surface area (Å²) in [6.45, 7) is 0. The van der Waals surface area contributed by atoms with Gasteiger partial charge >= 0.3 is 0 Å². The summed E-state index contributed by atoms with van der Waals surface area (Å²) in [5, 5.41) is 2.76. The Balaban J connectivity index is 2.64. The highest BCUT2D eigenvalue weighted by molar-refractivity contribution is 9.25. The number of benzene rings is 1. The quantitative estimate of drug-likeness (QED) is 0.698. The molecule has 68 valence electrons. The average Bonchev–Trinajstić information content (AvgIpc) is 2.27. The van der Waals surface area contributed by atoms with Crippen molar-refractivity contribution < 1.29 is 4.79 Å². The first-order valence-electron chi connectivity index (χ1n) is 3.51. The van der Waals surface area contributed by atoms with E-state index in [0.29, 0.717) is 0 Å². The molecule has 1 amide bonds. The zero-order valence-corrected chi connectivity index (χ0v) is 11.0. The van der Waals surface area contributed by atoms with Crippen LogP contribution in [0, 0.1) is 0 Å². The molecule has 1 aromatic carbocycles. The first kappa shape index (κ1) is 9.68. The lowest BCUT2D eigenvalue weighted by atomic mass is 10.2. The number of halogens is 3. The topological polar surface area (TPSA) is 29.1 Å². The van der Waals surface area contributed by atoms with Gasteiger partial charge in [-0.3, -0.25) is 4.79 Å². The molecule has 0 bridgehead atoms. The maximum Gasteiger partial charge on any atom is 0.256 e. The predicted octanol–water partition coefficient (Wildman–Crippen LogP) is 3.34. The van der Waals surface area contributed by atoms with Crippen molar-refractivity contribution in [3.05, 3.63) is 28.2 Å². The fourth-order valence-corrected chi connectivity index (χ4v) is 2.42. The molecule has 0 aliphatic carbocycles. The highest BCUT2D eigenvalue weighted by atomic mass is 79.9. The summed E-state index contributed by atoms with van der Waals surface area (Å²) < 4.78 is 0.171. The van der Waals surface area contributed by atoms with Crippen molar-refractivity contribution in [2.45, 2.75) is 3.23 Å². The number of hydrogen-bond donors (Lipinski definition) is 1. The predicted molar refractivity (Wildman–Crippen MR) is 62.3 cm³/mol. The van der Waals surface area contributed by atoms with Crippen LogP contribution in [0.5, 0.6) is 0 Å². The molecule has 0 atom stereocenters. The lowest BCUT2D eigenvalue weighted by molar-refractivity contribution is -0.115. The normalized spacial score (nSPS) is 18.2. The first-order valence-corrected chi connectivity index (χ1v) is 5.89. The molecule has 0 radical (unpaired) electrons. The average molecular weight is 370 g/mol. The molecular formula is C8H4Br3NO. The van der Waals surface area contributed by atoms with Gasteiger partial charge in [0.1, 0.15) is 0 Å². The van der Waals surface area contributed by atoms with Gasteiger partial charge in [0.05, 0.1) is 0 Å². The number of anilines is 1. The van der Waals surface area contributed by atoms with Gasteiger partial charge in [-0.1, -0.05) is 47.8 Å². The standard InChI is InChI=1S/C8H4Br3NO/c9-4-1-2-6-5(3-4)8(10,11)7(13)12-6/h1-3H,(H,12,13). The van der Waals surface area contributed by atoms with Gasteiger partial charge in [0.25, 0.3) is 5.91 Å². The third-order valence-corrected chi connectivity index (χ3v) is 3.92. The Morgan fingerprint density at radius 2 is 2.00 bits per heavy atom. The molecule has 0 spiro atoms. The van der Waals surface area contributed by atoms with Crippen LogP contribution in [0.25, 0.3) is 0 Å². The number of nitrogens with one attached hydrogen (secondary N) is 1. The van der Waals surface area contributed by atoms with Gasteiger partial charge in [-0.15, -0.1) is 0 Å². The summed E-state index contributed by atoms with van der Waals surface area (Å²) in [5.74, 6) is -0.0967. The molecule has 1 N–H and O–H groups in total. The zero-order valence-electron chi connectivity index (χ0n) is 6.27. The molecule has 0 unspecified atom stereocenters. The van der Waals surface area contributed by atoms with E-state index < -0.39 is 3.23 Å². The number of rotatable bonds is 0. The van der Waals surface area contributed by atoms with Crippen molar-refractivity contribution in [3.8, 4) is 0 Å². The zero-order chi connectivity index (χ0) is 9.64. The number of hydrogen-bond acceptors (Lipinski definition) is 1. The largest absolute Gasteiger partial charge is 0.323 e. The number of carbonyl (C=O) groups excluding carboxylic acids is 1. The third-order valence-electron chi connectivity index (χ3n) is 1.85. The molecule has 2 rings (SSSR count). The molecular weight excluding hydrogens is 366 g/mol. The van der Waals surface area contributed by atoms with E-state index in [-0.39, 0.29) is 5.91 Å². The summed E-state index contributed by atoms with van der Waals surface area (Å²) in [6.07, 6.45) is 0. The minimum absolute atomic E-state index is 0.0967. The highest BCUT2D eigenvalue weighted by Crippen LogP contribution is 2.48. The van der Waals surface area contributed by atoms with Crippen LogP contribution in [0.4, 0.5) is 5.69 Å². The molecule has 1 heterocycles. The summed E-state index contributed by atoms with van der Waals surface area (Å²) in [5.41, 5.74) is 1.73. The Morgan fingerprint density at radius 1 is 1.31 bits per heavy atom. The van der Waals surface area contributed by atoms with E-state index in [0.717, 1.165) is 15.7 Å². The van der Waals surface area contributed by atoms with Gasteiger partial charge in [0, 0.05) is 15.7 Å². The summed E-state index contributed by atoms with van der Waals surface area (Å²) in [7, 11) is 0. The minimum atomic E-state index is -0.779. The summed E-state index contributed by atoms with van der Waals surface area (Å²) in [6, 6.07) is 5.65. The summed E-state index contributed by atoms with van der Waals surface area (Å²) in [4.78, 5) is 11.4. The van der Waals surface area contributed by atoms with E-state index in [1.807, 2.05) is 18.2 Å². The smallest absolute Gasteiger partial charge is 0.256 e. The minimum Gasteiger partial charge on any atom is -0.323 e. The Bertz CT molecular complexity index is 389. The molecule has 1 aliphatic rings. The Labute approximate surface area is 100 Å². The van der Waals surface area contributed by atoms with Gasteiger partial charge in [-0.25, -0.2) is 0 Å². The summed E-state index contributed by atoms with van der Waals surface area (Å²) >= 11 is 10.0. The number of fused-ring (bicyclic) bond motifs is 1. The number of alkyl halides is 2. The van der Waals surface area contributed by atoms with E-state index in [2.05, 4.69) is 53.1 Å². The van der Waals surface area contributed by atoms with E-state index in [9.17, 15) is 4.79 Å². The van der Waals surface area contributed by atoms with Crippen molar-refractivity contribution in [3.63, 3.8) is 0 Å². The van der Waals surface area contributed by atoms with Crippen LogP contribution < -0.4 is 5.32 Å². The van der Waals surface area contributed by atoms with Crippen LogP contribution in [-0.4, -0.2) is 5.91 Å². The third kappa shape index (κ3) is 1.47. The fourth-order valence-electron chi connectivity index (χ4n) is 1.21.